The van der Waals surface area contributed by atoms with E-state index in [4.69, 9.17) is 0 Å². The van der Waals surface area contributed by atoms with Crippen molar-refractivity contribution in [3.8, 4) is 11.1 Å². The zero-order chi connectivity index (χ0) is 21.4. The van der Waals surface area contributed by atoms with Crippen LogP contribution in [-0.4, -0.2) is 9.52 Å². The van der Waals surface area contributed by atoms with E-state index < -0.39 is 0 Å². The van der Waals surface area contributed by atoms with Crippen LogP contribution in [-0.2, 0) is 43.5 Å². The van der Waals surface area contributed by atoms with Gasteiger partial charge in [0.05, 0.1) is 0 Å². The molecule has 2 aliphatic carbocycles. The van der Waals surface area contributed by atoms with Crippen molar-refractivity contribution in [1.29, 1.82) is 0 Å². The van der Waals surface area contributed by atoms with E-state index >= 15 is 0 Å². The fourth-order valence-electron chi connectivity index (χ4n) is 4.12. The summed E-state index contributed by atoms with van der Waals surface area (Å²) >= 11 is 0. The first-order valence-corrected chi connectivity index (χ1v) is 12.7. The Hall–Kier alpha value is -0.400. The third-order valence-corrected chi connectivity index (χ3v) is 5.65. The molecule has 0 amide bonds. The molecule has 2 aliphatic rings. The smallest absolute Gasteiger partial charge is 1.00 e. The summed E-state index contributed by atoms with van der Waals surface area (Å²) in [6.45, 7) is 18.1. The Morgan fingerprint density at radius 1 is 0.844 bits per heavy atom. The monoisotopic (exact) mass is 559 g/mol. The van der Waals surface area contributed by atoms with E-state index in [1.807, 2.05) is 0 Å². The summed E-state index contributed by atoms with van der Waals surface area (Å²) in [4.78, 5) is 0. The fourth-order valence-corrected chi connectivity index (χ4v) is 4.12. The maximum absolute atomic E-state index is 3.85. The Balaban J connectivity index is 0.00000152. The summed E-state index contributed by atoms with van der Waals surface area (Å²) in [5, 5.41) is 0. The molecule has 0 heterocycles. The second kappa shape index (κ2) is 12.3. The molecule has 0 saturated heterocycles. The first kappa shape index (κ1) is 31.6. The molecule has 0 atom stereocenters. The van der Waals surface area contributed by atoms with E-state index in [1.165, 1.54) is 44.5 Å². The number of hydrogen-bond acceptors (Lipinski definition) is 0. The van der Waals surface area contributed by atoms with Gasteiger partial charge in [-0.15, -0.1) is 22.3 Å². The van der Waals surface area contributed by atoms with Gasteiger partial charge in [-0.2, -0.15) is 12.1 Å². The van der Waals surface area contributed by atoms with E-state index in [-0.39, 0.29) is 61.8 Å². The Labute approximate surface area is 230 Å². The summed E-state index contributed by atoms with van der Waals surface area (Å²) in [6, 6.07) is 13.3. The van der Waals surface area contributed by atoms with Crippen LogP contribution >= 0.6 is 0 Å². The molecule has 169 valence electrons. The Morgan fingerprint density at radius 2 is 1.47 bits per heavy atom. The minimum absolute atomic E-state index is 0. The molecular formula is C28H35Cl2SiZr. The van der Waals surface area contributed by atoms with Gasteiger partial charge in [0.15, 0.2) is 0 Å². The van der Waals surface area contributed by atoms with E-state index in [9.17, 15) is 0 Å². The topological polar surface area (TPSA) is 0 Å². The number of allylic oxidation sites excluding steroid dienone is 4. The maximum Gasteiger partial charge on any atom is 3.00 e. The summed E-state index contributed by atoms with van der Waals surface area (Å²) in [7, 11) is 1.08. The van der Waals surface area contributed by atoms with E-state index in [0.29, 0.717) is 0 Å². The van der Waals surface area contributed by atoms with Gasteiger partial charge < -0.3 is 24.8 Å². The van der Waals surface area contributed by atoms with Gasteiger partial charge in [0, 0.05) is 9.52 Å². The Kier molecular flexibility index (Phi) is 12.2. The molecule has 2 aromatic carbocycles. The molecule has 0 fully saturated rings. The van der Waals surface area contributed by atoms with Gasteiger partial charge in [-0.25, -0.2) is 0 Å². The third kappa shape index (κ3) is 6.82. The minimum Gasteiger partial charge on any atom is -1.00 e. The van der Waals surface area contributed by atoms with Gasteiger partial charge in [0.25, 0.3) is 0 Å². The predicted molar refractivity (Wildman–Crippen MR) is 130 cm³/mol. The molecule has 32 heavy (non-hydrogen) atoms. The van der Waals surface area contributed by atoms with Crippen LogP contribution in [0, 0.1) is 6.07 Å². The molecule has 0 aromatic heterocycles. The normalized spacial score (nSPS) is 13.4. The predicted octanol–water partition coefficient (Wildman–Crippen LogP) is 1.79. The van der Waals surface area contributed by atoms with Crippen LogP contribution < -0.4 is 24.8 Å². The zero-order valence-corrected chi connectivity index (χ0v) is 25.7. The molecular weight excluding hydrogens is 527 g/mol. The summed E-state index contributed by atoms with van der Waals surface area (Å²) in [5.74, 6) is 0. The van der Waals surface area contributed by atoms with Crippen molar-refractivity contribution in [3.05, 3.63) is 76.4 Å². The van der Waals surface area contributed by atoms with E-state index in [1.54, 1.807) is 0 Å². The Bertz CT molecular complexity index is 976. The molecule has 3 radical (unpaired) electrons. The molecule has 0 bridgehead atoms. The molecule has 2 aromatic rings. The molecule has 0 unspecified atom stereocenters. The van der Waals surface area contributed by atoms with Crippen LogP contribution in [0.2, 0.25) is 13.1 Å². The van der Waals surface area contributed by atoms with Gasteiger partial charge in [0.2, 0.25) is 0 Å². The molecule has 0 nitrogen and oxygen atoms in total. The van der Waals surface area contributed by atoms with Crippen LogP contribution in [0.5, 0.6) is 0 Å². The largest absolute Gasteiger partial charge is 3.00 e. The molecule has 0 saturated carbocycles. The van der Waals surface area contributed by atoms with Gasteiger partial charge in [-0.3, -0.25) is 0 Å². The SMILES string of the molecule is CC(C)(C)c1ccc2c(c1)Cc1[c-]c(C(C)(C)C)c(C3=CC=CC3)cc1-2.C[Si]C.[Cl-].[Cl-].[Zr+3]. The van der Waals surface area contributed by atoms with E-state index in [0.717, 1.165) is 22.4 Å². The van der Waals surface area contributed by atoms with Crippen LogP contribution in [0.3, 0.4) is 0 Å². The van der Waals surface area contributed by atoms with Crippen LogP contribution in [0.25, 0.3) is 16.7 Å². The number of halogens is 2. The van der Waals surface area contributed by atoms with Crippen molar-refractivity contribution >= 4 is 15.1 Å². The van der Waals surface area contributed by atoms with Crippen LogP contribution in [0.15, 0.2) is 42.5 Å². The van der Waals surface area contributed by atoms with Crippen molar-refractivity contribution in [3.63, 3.8) is 0 Å². The van der Waals surface area contributed by atoms with Gasteiger partial charge in [-0.1, -0.05) is 102 Å². The number of benzene rings is 2. The van der Waals surface area contributed by atoms with Gasteiger partial charge in [0.1, 0.15) is 0 Å². The van der Waals surface area contributed by atoms with Crippen molar-refractivity contribution in [2.75, 3.05) is 0 Å². The third-order valence-electron chi connectivity index (χ3n) is 5.65. The standard InChI is InChI=1S/C26H29.C2H6Si.2ClH.Zr/c1-25(2,3)20-11-12-21-18(14-20)13-19-15-24(26(4,5)6)23(16-22(19)21)17-9-7-8-10-17;1-3-2;;;/h7-9,11-12,14,16H,10,13H2,1-6H3;1-2H3;2*1H;/q-1;;;;+3/p-2. The second-order valence-corrected chi connectivity index (χ2v) is 11.3. The van der Waals surface area contributed by atoms with Crippen molar-refractivity contribution in [1.82, 2.24) is 0 Å². The number of rotatable bonds is 1. The quantitative estimate of drug-likeness (QED) is 0.314. The van der Waals surface area contributed by atoms with E-state index in [2.05, 4.69) is 103 Å². The molecule has 0 spiro atoms. The van der Waals surface area contributed by atoms with Crippen LogP contribution in [0.1, 0.15) is 75.8 Å². The van der Waals surface area contributed by atoms with Gasteiger partial charge in [-0.05, 0) is 34.8 Å². The Morgan fingerprint density at radius 3 is 1.97 bits per heavy atom. The van der Waals surface area contributed by atoms with Crippen LogP contribution in [0.4, 0.5) is 0 Å². The average molecular weight is 562 g/mol. The first-order chi connectivity index (χ1) is 13.6. The summed E-state index contributed by atoms with van der Waals surface area (Å²) < 4.78 is 0. The molecule has 0 aliphatic heterocycles. The van der Waals surface area contributed by atoms with Crippen molar-refractivity contribution in [2.45, 2.75) is 78.3 Å². The second-order valence-electron chi connectivity index (χ2n) is 10.3. The maximum atomic E-state index is 3.85. The number of fused-ring (bicyclic) bond motifs is 3. The first-order valence-electron chi connectivity index (χ1n) is 10.7. The summed E-state index contributed by atoms with van der Waals surface area (Å²) in [6.07, 6.45) is 8.74. The van der Waals surface area contributed by atoms with Crippen molar-refractivity contribution in [2.24, 2.45) is 0 Å². The molecule has 0 N–H and O–H groups in total. The number of hydrogen-bond donors (Lipinski definition) is 0. The average Bonchev–Trinajstić information content (AvgIpc) is 3.26. The minimum atomic E-state index is 0. The fraction of sp³-hybridized carbons (Fsp3) is 0.429. The summed E-state index contributed by atoms with van der Waals surface area (Å²) in [5.41, 5.74) is 11.5. The molecule has 4 heteroatoms. The zero-order valence-electron chi connectivity index (χ0n) is 20.7. The van der Waals surface area contributed by atoms with Gasteiger partial charge >= 0.3 is 26.2 Å². The molecule has 4 rings (SSSR count). The van der Waals surface area contributed by atoms with Crippen molar-refractivity contribution < 1.29 is 51.0 Å².